The molecule has 3 rings (SSSR count). The van der Waals surface area contributed by atoms with E-state index in [9.17, 15) is 17.6 Å². The summed E-state index contributed by atoms with van der Waals surface area (Å²) in [4.78, 5) is 12.5. The lowest BCUT2D eigenvalue weighted by Crippen LogP contribution is -2.42. The van der Waals surface area contributed by atoms with E-state index in [2.05, 4.69) is 5.32 Å². The summed E-state index contributed by atoms with van der Waals surface area (Å²) in [5.41, 5.74) is 0.911. The van der Waals surface area contributed by atoms with Gasteiger partial charge in [0.05, 0.1) is 17.5 Å². The molecule has 1 atom stereocenters. The highest BCUT2D eigenvalue weighted by Crippen LogP contribution is 2.25. The molecule has 1 amide bonds. The highest BCUT2D eigenvalue weighted by molar-refractivity contribution is 7.89. The molecule has 1 saturated heterocycles. The lowest BCUT2D eigenvalue weighted by atomic mass is 10.2. The molecule has 1 N–H and O–H groups in total. The number of rotatable bonds is 8. The smallest absolute Gasteiger partial charge is 0.243 e. The second-order valence-electron chi connectivity index (χ2n) is 7.23. The number of aryl methyl sites for hydroxylation is 1. The molecular weight excluding hydrogens is 431 g/mol. The molecule has 0 saturated carbocycles. The van der Waals surface area contributed by atoms with Crippen molar-refractivity contribution in [1.29, 1.82) is 0 Å². The molecule has 0 spiro atoms. The van der Waals surface area contributed by atoms with Gasteiger partial charge in [0.25, 0.3) is 0 Å². The predicted molar refractivity (Wildman–Crippen MR) is 112 cm³/mol. The number of benzene rings is 2. The average Bonchev–Trinajstić information content (AvgIpc) is 3.22. The van der Waals surface area contributed by atoms with Crippen LogP contribution in [0, 0.1) is 12.7 Å². The monoisotopic (exact) mass is 454 g/mol. The summed E-state index contributed by atoms with van der Waals surface area (Å²) in [6.45, 7) is 1.96. The van der Waals surface area contributed by atoms with Crippen LogP contribution in [-0.4, -0.2) is 44.4 Å². The lowest BCUT2D eigenvalue weighted by Gasteiger charge is -2.23. The second-order valence-corrected chi connectivity index (χ2v) is 9.57. The fourth-order valence-corrected chi connectivity index (χ4v) is 4.78. The molecule has 162 valence electrons. The van der Waals surface area contributed by atoms with Crippen molar-refractivity contribution in [3.05, 3.63) is 64.4 Å². The van der Waals surface area contributed by atoms with Crippen molar-refractivity contribution >= 4 is 27.5 Å². The van der Waals surface area contributed by atoms with Crippen LogP contribution in [0.1, 0.15) is 24.0 Å². The summed E-state index contributed by atoms with van der Waals surface area (Å²) < 4.78 is 47.2. The summed E-state index contributed by atoms with van der Waals surface area (Å²) >= 11 is 6.10. The molecule has 2 aromatic carbocycles. The van der Waals surface area contributed by atoms with Crippen LogP contribution < -0.4 is 5.32 Å². The Morgan fingerprint density at radius 1 is 1.27 bits per heavy atom. The van der Waals surface area contributed by atoms with Gasteiger partial charge in [0, 0.05) is 30.3 Å². The van der Waals surface area contributed by atoms with Crippen LogP contribution in [-0.2, 0) is 26.1 Å². The Bertz CT molecular complexity index is 972. The van der Waals surface area contributed by atoms with Gasteiger partial charge >= 0.3 is 0 Å². The number of sulfonamides is 1. The van der Waals surface area contributed by atoms with Gasteiger partial charge in [0.2, 0.25) is 15.9 Å². The predicted octanol–water partition coefficient (Wildman–Crippen LogP) is 3.27. The fraction of sp³-hybridized carbons (Fsp3) is 0.381. The van der Waals surface area contributed by atoms with E-state index < -0.39 is 28.3 Å². The van der Waals surface area contributed by atoms with E-state index in [0.717, 1.165) is 22.7 Å². The molecule has 2 aromatic rings. The van der Waals surface area contributed by atoms with Crippen LogP contribution in [0.5, 0.6) is 0 Å². The van der Waals surface area contributed by atoms with E-state index in [0.29, 0.717) is 13.2 Å². The van der Waals surface area contributed by atoms with Gasteiger partial charge in [-0.05, 0) is 44.0 Å². The first-order chi connectivity index (χ1) is 14.3. The van der Waals surface area contributed by atoms with Crippen molar-refractivity contribution < 1.29 is 22.3 Å². The fourth-order valence-electron chi connectivity index (χ4n) is 3.19. The summed E-state index contributed by atoms with van der Waals surface area (Å²) in [6, 6.07) is 10.4. The van der Waals surface area contributed by atoms with Crippen LogP contribution >= 0.6 is 11.6 Å². The van der Waals surface area contributed by atoms with Crippen molar-refractivity contribution in [2.24, 2.45) is 0 Å². The maximum absolute atomic E-state index is 14.3. The summed E-state index contributed by atoms with van der Waals surface area (Å²) in [7, 11) is -4.07. The van der Waals surface area contributed by atoms with Crippen molar-refractivity contribution in [3.63, 3.8) is 0 Å². The second kappa shape index (κ2) is 9.87. The SMILES string of the molecule is Cc1ccc(S(=O)(=O)N(CC(=O)NCC2CCCO2)Cc2c(F)cccc2Cl)cc1. The standard InChI is InChI=1S/C21H24ClFN2O4S/c1-15-7-9-17(10-8-15)30(27,28)25(13-18-19(22)5-2-6-20(18)23)14-21(26)24-12-16-4-3-11-29-16/h2,5-10,16H,3-4,11-14H2,1H3,(H,24,26). The number of hydrogen-bond acceptors (Lipinski definition) is 4. The number of carbonyl (C=O) groups excluding carboxylic acids is 1. The van der Waals surface area contributed by atoms with E-state index in [-0.39, 0.29) is 28.1 Å². The molecule has 0 aromatic heterocycles. The van der Waals surface area contributed by atoms with Crippen LogP contribution in [0.2, 0.25) is 5.02 Å². The van der Waals surface area contributed by atoms with Crippen molar-refractivity contribution in [3.8, 4) is 0 Å². The summed E-state index contributed by atoms with van der Waals surface area (Å²) in [5.74, 6) is -1.12. The van der Waals surface area contributed by atoms with Gasteiger partial charge in [-0.3, -0.25) is 4.79 Å². The van der Waals surface area contributed by atoms with E-state index in [1.807, 2.05) is 6.92 Å². The average molecular weight is 455 g/mol. The quantitative estimate of drug-likeness (QED) is 0.664. The molecule has 9 heteroatoms. The Morgan fingerprint density at radius 2 is 2.00 bits per heavy atom. The molecule has 0 radical (unpaired) electrons. The van der Waals surface area contributed by atoms with Gasteiger partial charge in [0.15, 0.2) is 0 Å². The molecule has 0 bridgehead atoms. The Labute approximate surface area is 181 Å². The topological polar surface area (TPSA) is 75.7 Å². The van der Waals surface area contributed by atoms with Gasteiger partial charge in [-0.15, -0.1) is 0 Å². The van der Waals surface area contributed by atoms with Crippen LogP contribution in [0.25, 0.3) is 0 Å². The normalized spacial score (nSPS) is 16.7. The van der Waals surface area contributed by atoms with Crippen molar-refractivity contribution in [2.75, 3.05) is 19.7 Å². The first-order valence-electron chi connectivity index (χ1n) is 9.65. The number of nitrogens with zero attached hydrogens (tertiary/aromatic N) is 1. The Morgan fingerprint density at radius 3 is 2.63 bits per heavy atom. The lowest BCUT2D eigenvalue weighted by molar-refractivity contribution is -0.121. The summed E-state index contributed by atoms with van der Waals surface area (Å²) in [6.07, 6.45) is 1.70. The zero-order valence-electron chi connectivity index (χ0n) is 16.6. The van der Waals surface area contributed by atoms with E-state index in [4.69, 9.17) is 16.3 Å². The summed E-state index contributed by atoms with van der Waals surface area (Å²) in [5, 5.41) is 2.80. The number of ether oxygens (including phenoxy) is 1. The van der Waals surface area contributed by atoms with Gasteiger partial charge in [-0.25, -0.2) is 12.8 Å². The number of carbonyl (C=O) groups is 1. The van der Waals surface area contributed by atoms with Gasteiger partial charge in [-0.1, -0.05) is 35.4 Å². The Kier molecular flexibility index (Phi) is 7.46. The molecule has 1 heterocycles. The highest BCUT2D eigenvalue weighted by Gasteiger charge is 2.29. The molecule has 30 heavy (non-hydrogen) atoms. The third-order valence-electron chi connectivity index (χ3n) is 4.93. The minimum atomic E-state index is -4.07. The Hall–Kier alpha value is -2.00. The maximum atomic E-state index is 14.3. The number of amides is 1. The van der Waals surface area contributed by atoms with E-state index in [1.54, 1.807) is 12.1 Å². The minimum absolute atomic E-state index is 0.0155. The van der Waals surface area contributed by atoms with Crippen molar-refractivity contribution in [2.45, 2.75) is 37.3 Å². The largest absolute Gasteiger partial charge is 0.376 e. The molecule has 6 nitrogen and oxygen atoms in total. The van der Waals surface area contributed by atoms with Crippen molar-refractivity contribution in [1.82, 2.24) is 9.62 Å². The van der Waals surface area contributed by atoms with Gasteiger partial charge < -0.3 is 10.1 Å². The Balaban J connectivity index is 1.83. The maximum Gasteiger partial charge on any atom is 0.243 e. The van der Waals surface area contributed by atoms with Crippen LogP contribution in [0.3, 0.4) is 0 Å². The molecule has 1 aliphatic heterocycles. The minimum Gasteiger partial charge on any atom is -0.376 e. The van der Waals surface area contributed by atoms with Crippen LogP contribution in [0.4, 0.5) is 4.39 Å². The van der Waals surface area contributed by atoms with E-state index >= 15 is 0 Å². The zero-order chi connectivity index (χ0) is 21.7. The first kappa shape index (κ1) is 22.7. The molecule has 1 fully saturated rings. The number of halogens is 2. The molecule has 1 aliphatic rings. The zero-order valence-corrected chi connectivity index (χ0v) is 18.2. The van der Waals surface area contributed by atoms with Gasteiger partial charge in [-0.2, -0.15) is 4.31 Å². The highest BCUT2D eigenvalue weighted by atomic mass is 35.5. The first-order valence-corrected chi connectivity index (χ1v) is 11.5. The van der Waals surface area contributed by atoms with Gasteiger partial charge in [0.1, 0.15) is 5.82 Å². The third-order valence-corrected chi connectivity index (χ3v) is 7.09. The molecular formula is C21H24ClFN2O4S. The molecule has 0 aliphatic carbocycles. The van der Waals surface area contributed by atoms with E-state index in [1.165, 1.54) is 30.3 Å². The van der Waals surface area contributed by atoms with Crippen LogP contribution in [0.15, 0.2) is 47.4 Å². The molecule has 1 unspecified atom stereocenters. The number of hydrogen-bond donors (Lipinski definition) is 1. The number of nitrogens with one attached hydrogen (secondary N) is 1. The third kappa shape index (κ3) is 5.57.